The van der Waals surface area contributed by atoms with Crippen LogP contribution < -0.4 is 10.6 Å². The van der Waals surface area contributed by atoms with Gasteiger partial charge in [-0.1, -0.05) is 48.2 Å². The summed E-state index contributed by atoms with van der Waals surface area (Å²) in [6, 6.07) is 9.70. The van der Waals surface area contributed by atoms with Crippen molar-refractivity contribution in [2.75, 3.05) is 6.54 Å². The highest BCUT2D eigenvalue weighted by Gasteiger charge is 2.32. The van der Waals surface area contributed by atoms with E-state index in [4.69, 9.17) is 5.11 Å². The number of nitrogens with zero attached hydrogens (tertiary/aromatic N) is 2. The van der Waals surface area contributed by atoms with E-state index in [1.165, 1.54) is 6.21 Å². The Balaban J connectivity index is 1.78. The lowest BCUT2D eigenvalue weighted by Crippen LogP contribution is -2.32. The molecule has 1 aromatic rings. The van der Waals surface area contributed by atoms with Gasteiger partial charge >= 0.3 is 5.97 Å². The monoisotopic (exact) mass is 374 g/mol. The number of carboxylic acid groups (broad SMARTS) is 1. The number of amidine groups is 1. The van der Waals surface area contributed by atoms with Crippen molar-refractivity contribution in [2.45, 2.75) is 18.1 Å². The number of thioether (sulfide) groups is 1. The van der Waals surface area contributed by atoms with Gasteiger partial charge in [-0.3, -0.25) is 14.4 Å². The molecule has 1 saturated heterocycles. The predicted octanol–water partition coefficient (Wildman–Crippen LogP) is 1.25. The number of carbonyl (C=O) groups is 3. The Morgan fingerprint density at radius 2 is 2.08 bits per heavy atom. The fourth-order valence-electron chi connectivity index (χ4n) is 1.98. The quantitative estimate of drug-likeness (QED) is 0.467. The molecule has 9 heteroatoms. The van der Waals surface area contributed by atoms with Gasteiger partial charge < -0.3 is 15.7 Å². The molecule has 0 bridgehead atoms. The second kappa shape index (κ2) is 10.1. The Morgan fingerprint density at radius 1 is 1.31 bits per heavy atom. The van der Waals surface area contributed by atoms with Crippen LogP contribution in [0.5, 0.6) is 0 Å². The van der Waals surface area contributed by atoms with E-state index in [0.29, 0.717) is 5.17 Å². The minimum Gasteiger partial charge on any atom is -0.481 e. The number of carbonyl (C=O) groups excluding carboxylic acids is 2. The van der Waals surface area contributed by atoms with Crippen molar-refractivity contribution in [3.8, 4) is 0 Å². The van der Waals surface area contributed by atoms with Crippen LogP contribution >= 0.6 is 11.8 Å². The summed E-state index contributed by atoms with van der Waals surface area (Å²) in [7, 11) is 0. The second-order valence-electron chi connectivity index (χ2n) is 5.23. The number of hydrogen-bond acceptors (Lipinski definition) is 6. The molecule has 2 amide bonds. The van der Waals surface area contributed by atoms with Crippen LogP contribution in [0.2, 0.25) is 0 Å². The van der Waals surface area contributed by atoms with Gasteiger partial charge in [0.2, 0.25) is 11.8 Å². The molecule has 0 spiro atoms. The molecule has 1 fully saturated rings. The third kappa shape index (κ3) is 6.89. The molecule has 0 aromatic heterocycles. The summed E-state index contributed by atoms with van der Waals surface area (Å²) in [5.74, 6) is -1.70. The van der Waals surface area contributed by atoms with Gasteiger partial charge in [-0.25, -0.2) is 0 Å². The van der Waals surface area contributed by atoms with Gasteiger partial charge in [-0.15, -0.1) is 5.10 Å². The number of carboxylic acids is 1. The van der Waals surface area contributed by atoms with Crippen LogP contribution in [0.15, 0.2) is 46.6 Å². The molecule has 0 radical (unpaired) electrons. The first-order chi connectivity index (χ1) is 12.5. The van der Waals surface area contributed by atoms with Crippen molar-refractivity contribution >= 4 is 47.0 Å². The van der Waals surface area contributed by atoms with Crippen LogP contribution in [-0.2, 0) is 14.4 Å². The van der Waals surface area contributed by atoms with Crippen LogP contribution in [0.4, 0.5) is 0 Å². The Hall–Kier alpha value is -2.94. The maximum Gasteiger partial charge on any atom is 0.305 e. The highest BCUT2D eigenvalue weighted by atomic mass is 32.2. The van der Waals surface area contributed by atoms with E-state index >= 15 is 0 Å². The molecule has 26 heavy (non-hydrogen) atoms. The molecule has 0 saturated carbocycles. The van der Waals surface area contributed by atoms with E-state index in [9.17, 15) is 14.4 Å². The highest BCUT2D eigenvalue weighted by molar-refractivity contribution is 8.15. The van der Waals surface area contributed by atoms with Gasteiger partial charge in [0.05, 0.1) is 6.42 Å². The first-order valence-electron chi connectivity index (χ1n) is 7.83. The first-order valence-corrected chi connectivity index (χ1v) is 8.71. The first kappa shape index (κ1) is 19.4. The topological polar surface area (TPSA) is 120 Å². The van der Waals surface area contributed by atoms with Crippen molar-refractivity contribution in [1.82, 2.24) is 10.6 Å². The maximum atomic E-state index is 11.8. The Labute approximate surface area is 154 Å². The zero-order valence-corrected chi connectivity index (χ0v) is 14.6. The van der Waals surface area contributed by atoms with Crippen molar-refractivity contribution in [3.63, 3.8) is 0 Å². The van der Waals surface area contributed by atoms with E-state index in [-0.39, 0.29) is 31.2 Å². The van der Waals surface area contributed by atoms with Crippen molar-refractivity contribution in [2.24, 2.45) is 10.2 Å². The van der Waals surface area contributed by atoms with Gasteiger partial charge in [-0.05, 0) is 11.6 Å². The zero-order valence-electron chi connectivity index (χ0n) is 13.8. The smallest absolute Gasteiger partial charge is 0.305 e. The summed E-state index contributed by atoms with van der Waals surface area (Å²) in [6.45, 7) is 0.0339. The summed E-state index contributed by atoms with van der Waals surface area (Å²) in [5, 5.41) is 21.0. The lowest BCUT2D eigenvalue weighted by molar-refractivity contribution is -0.137. The molecule has 1 aliphatic heterocycles. The number of benzene rings is 1. The molecule has 3 N–H and O–H groups in total. The lowest BCUT2D eigenvalue weighted by atomic mass is 10.2. The number of amides is 2. The fourth-order valence-corrected chi connectivity index (χ4v) is 2.90. The normalized spacial score (nSPS) is 18.5. The van der Waals surface area contributed by atoms with Gasteiger partial charge in [0.15, 0.2) is 5.17 Å². The molecule has 136 valence electrons. The predicted molar refractivity (Wildman–Crippen MR) is 101 cm³/mol. The largest absolute Gasteiger partial charge is 0.481 e. The fraction of sp³-hybridized carbons (Fsp3) is 0.235. The van der Waals surface area contributed by atoms with Crippen LogP contribution in [0.3, 0.4) is 0 Å². The minimum absolute atomic E-state index is 0.0339. The molecule has 0 aliphatic carbocycles. The van der Waals surface area contributed by atoms with E-state index < -0.39 is 11.2 Å². The average Bonchev–Trinajstić information content (AvgIpc) is 2.94. The number of nitrogens with one attached hydrogen (secondary N) is 2. The molecule has 1 aromatic carbocycles. The number of rotatable bonds is 8. The van der Waals surface area contributed by atoms with Crippen molar-refractivity contribution in [1.29, 1.82) is 0 Å². The lowest BCUT2D eigenvalue weighted by Gasteiger charge is -2.05. The van der Waals surface area contributed by atoms with Crippen molar-refractivity contribution in [3.05, 3.63) is 42.0 Å². The van der Waals surface area contributed by atoms with Gasteiger partial charge in [-0.2, -0.15) is 5.10 Å². The Morgan fingerprint density at radius 3 is 2.81 bits per heavy atom. The number of hydrogen-bond donors (Lipinski definition) is 3. The highest BCUT2D eigenvalue weighted by Crippen LogP contribution is 2.22. The Bertz CT molecular complexity index is 746. The van der Waals surface area contributed by atoms with Crippen LogP contribution in [0.25, 0.3) is 6.08 Å². The molecule has 1 aliphatic rings. The summed E-state index contributed by atoms with van der Waals surface area (Å²) >= 11 is 1.12. The van der Waals surface area contributed by atoms with Crippen LogP contribution in [0, 0.1) is 0 Å². The van der Waals surface area contributed by atoms with Gasteiger partial charge in [0.1, 0.15) is 5.25 Å². The van der Waals surface area contributed by atoms with E-state index in [1.54, 1.807) is 6.08 Å². The summed E-state index contributed by atoms with van der Waals surface area (Å²) in [6.07, 6.45) is 4.89. The van der Waals surface area contributed by atoms with Crippen LogP contribution in [-0.4, -0.2) is 46.1 Å². The maximum absolute atomic E-state index is 11.8. The molecular formula is C17H18N4O4S. The van der Waals surface area contributed by atoms with Crippen LogP contribution in [0.1, 0.15) is 18.4 Å². The third-order valence-electron chi connectivity index (χ3n) is 3.20. The molecule has 0 unspecified atom stereocenters. The standard InChI is InChI=1S/C17H18N4O4S/c22-14(18-10-8-15(23)24)11-13-16(25)20-17(26-13)21-19-9-4-7-12-5-2-1-3-6-12/h1-7,9,13H,8,10-11H2,(H,18,22)(H,23,24)(H,20,21,25)/b7-4+,19-9-/t13-/m1/s1. The third-order valence-corrected chi connectivity index (χ3v) is 4.27. The molecular weight excluding hydrogens is 356 g/mol. The molecule has 8 nitrogen and oxygen atoms in total. The zero-order chi connectivity index (χ0) is 18.8. The SMILES string of the molecule is O=C(O)CCNC(=O)C[C@H]1S\C(=N/N=C\C=C\c2ccccc2)NC1=O. The molecule has 2 rings (SSSR count). The number of aliphatic carboxylic acids is 1. The van der Waals surface area contributed by atoms with Crippen molar-refractivity contribution < 1.29 is 19.5 Å². The summed E-state index contributed by atoms with van der Waals surface area (Å²) in [4.78, 5) is 33.9. The second-order valence-corrected chi connectivity index (χ2v) is 6.42. The Kier molecular flexibility index (Phi) is 7.56. The van der Waals surface area contributed by atoms with E-state index in [1.807, 2.05) is 36.4 Å². The molecule has 1 heterocycles. The average molecular weight is 374 g/mol. The minimum atomic E-state index is -0.994. The van der Waals surface area contributed by atoms with E-state index in [0.717, 1.165) is 17.3 Å². The summed E-state index contributed by atoms with van der Waals surface area (Å²) in [5.41, 5.74) is 1.03. The van der Waals surface area contributed by atoms with E-state index in [2.05, 4.69) is 20.8 Å². The number of allylic oxidation sites excluding steroid dienone is 1. The molecule has 1 atom stereocenters. The van der Waals surface area contributed by atoms with Gasteiger partial charge in [0.25, 0.3) is 0 Å². The summed E-state index contributed by atoms with van der Waals surface area (Å²) < 4.78 is 0. The van der Waals surface area contributed by atoms with Gasteiger partial charge in [0, 0.05) is 19.2 Å².